The molecule has 4 rings (SSSR count). The number of benzene rings is 3. The number of non-ortho nitro benzene ring substituents is 1. The molecule has 3 aromatic carbocycles. The molecule has 0 unspecified atom stereocenters. The highest BCUT2D eigenvalue weighted by molar-refractivity contribution is 7.92. The smallest absolute Gasteiger partial charge is 0.269 e. The monoisotopic (exact) mass is 425 g/mol. The van der Waals surface area contributed by atoms with Crippen molar-refractivity contribution in [2.24, 2.45) is 0 Å². The van der Waals surface area contributed by atoms with Gasteiger partial charge < -0.3 is 9.64 Å². The number of hydrogen-bond donors (Lipinski definition) is 1. The zero-order valence-electron chi connectivity index (χ0n) is 15.6. The van der Waals surface area contributed by atoms with E-state index in [9.17, 15) is 23.3 Å². The molecule has 1 aliphatic rings. The fourth-order valence-corrected chi connectivity index (χ4v) is 4.09. The maximum atomic E-state index is 12.9. The Hall–Kier alpha value is -3.92. The average Bonchev–Trinajstić information content (AvgIpc) is 2.83. The van der Waals surface area contributed by atoms with Crippen LogP contribution in [0, 0.1) is 10.1 Å². The average molecular weight is 425 g/mol. The Morgan fingerprint density at radius 2 is 1.70 bits per heavy atom. The minimum atomic E-state index is -4.01. The van der Waals surface area contributed by atoms with Gasteiger partial charge in [0.2, 0.25) is 0 Å². The van der Waals surface area contributed by atoms with Gasteiger partial charge in [-0.1, -0.05) is 12.1 Å². The van der Waals surface area contributed by atoms with Gasteiger partial charge in [0.1, 0.15) is 5.75 Å². The fourth-order valence-electron chi connectivity index (χ4n) is 3.04. The number of ether oxygens (including phenoxy) is 1. The summed E-state index contributed by atoms with van der Waals surface area (Å²) in [5.41, 5.74) is 0.719. The molecule has 9 nitrogen and oxygen atoms in total. The number of para-hydroxylation sites is 2. The van der Waals surface area contributed by atoms with Crippen LogP contribution in [0.2, 0.25) is 0 Å². The number of nitrogens with one attached hydrogen (secondary N) is 1. The van der Waals surface area contributed by atoms with Crippen LogP contribution in [0.4, 0.5) is 17.1 Å². The van der Waals surface area contributed by atoms with E-state index in [4.69, 9.17) is 4.74 Å². The van der Waals surface area contributed by atoms with Crippen molar-refractivity contribution in [3.63, 3.8) is 0 Å². The molecule has 0 radical (unpaired) electrons. The van der Waals surface area contributed by atoms with Crippen LogP contribution in [0.25, 0.3) is 0 Å². The molecule has 1 N–H and O–H groups in total. The van der Waals surface area contributed by atoms with Gasteiger partial charge in [0, 0.05) is 24.9 Å². The fraction of sp³-hybridized carbons (Fsp3) is 0.0500. The standard InChI is InChI=1S/C20H15N3O6S/c1-22-17-4-2-3-5-19(17)29-18-11-6-13(12-16(18)20(22)24)21-30(27,28)15-9-7-14(8-10-15)23(25)26/h2-12,21H,1H3. The molecule has 0 saturated heterocycles. The van der Waals surface area contributed by atoms with Crippen molar-refractivity contribution in [2.75, 3.05) is 16.7 Å². The van der Waals surface area contributed by atoms with E-state index in [1.54, 1.807) is 31.3 Å². The van der Waals surface area contributed by atoms with Crippen molar-refractivity contribution in [2.45, 2.75) is 4.90 Å². The highest BCUT2D eigenvalue weighted by Gasteiger charge is 2.26. The van der Waals surface area contributed by atoms with Crippen molar-refractivity contribution in [3.05, 3.63) is 82.4 Å². The highest BCUT2D eigenvalue weighted by atomic mass is 32.2. The van der Waals surface area contributed by atoms with E-state index in [2.05, 4.69) is 4.72 Å². The zero-order chi connectivity index (χ0) is 21.5. The summed E-state index contributed by atoms with van der Waals surface area (Å²) in [6, 6.07) is 15.9. The van der Waals surface area contributed by atoms with Crippen LogP contribution >= 0.6 is 0 Å². The summed E-state index contributed by atoms with van der Waals surface area (Å²) in [6.07, 6.45) is 0. The molecule has 0 atom stereocenters. The lowest BCUT2D eigenvalue weighted by Crippen LogP contribution is -2.25. The molecule has 3 aromatic rings. The molecule has 152 valence electrons. The number of anilines is 2. The lowest BCUT2D eigenvalue weighted by molar-refractivity contribution is -0.384. The number of fused-ring (bicyclic) bond motifs is 2. The lowest BCUT2D eigenvalue weighted by Gasteiger charge is -2.16. The first-order chi connectivity index (χ1) is 14.3. The summed E-state index contributed by atoms with van der Waals surface area (Å²) < 4.78 is 33.5. The number of sulfonamides is 1. The molecule has 0 fully saturated rings. The normalized spacial score (nSPS) is 13.0. The third-order valence-corrected chi connectivity index (χ3v) is 5.97. The van der Waals surface area contributed by atoms with Crippen molar-refractivity contribution >= 4 is 33.0 Å². The van der Waals surface area contributed by atoms with E-state index in [0.717, 1.165) is 24.3 Å². The number of nitrogens with zero attached hydrogens (tertiary/aromatic N) is 2. The molecule has 1 amide bonds. The Labute approximate surface area is 171 Å². The third-order valence-electron chi connectivity index (χ3n) is 4.57. The van der Waals surface area contributed by atoms with Gasteiger partial charge in [-0.15, -0.1) is 0 Å². The first kappa shape index (κ1) is 19.4. The molecule has 10 heteroatoms. The molecule has 0 spiro atoms. The quantitative estimate of drug-likeness (QED) is 0.502. The first-order valence-electron chi connectivity index (χ1n) is 8.72. The molecular formula is C20H15N3O6S. The van der Waals surface area contributed by atoms with Crippen molar-refractivity contribution in [1.29, 1.82) is 0 Å². The predicted molar refractivity (Wildman–Crippen MR) is 110 cm³/mol. The molecule has 30 heavy (non-hydrogen) atoms. The van der Waals surface area contributed by atoms with E-state index in [1.165, 1.54) is 23.1 Å². The number of amides is 1. The van der Waals surface area contributed by atoms with E-state index in [-0.39, 0.29) is 27.7 Å². The van der Waals surface area contributed by atoms with Crippen LogP contribution < -0.4 is 14.4 Å². The number of nitro groups is 1. The van der Waals surface area contributed by atoms with Gasteiger partial charge in [-0.05, 0) is 42.5 Å². The highest BCUT2D eigenvalue weighted by Crippen LogP contribution is 2.39. The minimum Gasteiger partial charge on any atom is -0.454 e. The molecule has 0 aliphatic carbocycles. The van der Waals surface area contributed by atoms with E-state index >= 15 is 0 Å². The SMILES string of the molecule is CN1C(=O)c2cc(NS(=O)(=O)c3ccc([N+](=O)[O-])cc3)ccc2Oc2ccccc21. The molecule has 0 bridgehead atoms. The van der Waals surface area contributed by atoms with Crippen LogP contribution in [0.3, 0.4) is 0 Å². The van der Waals surface area contributed by atoms with Crippen LogP contribution in [0.1, 0.15) is 10.4 Å². The number of nitro benzene ring substituents is 1. The Morgan fingerprint density at radius 3 is 2.40 bits per heavy atom. The van der Waals surface area contributed by atoms with E-state index in [1.807, 2.05) is 0 Å². The van der Waals surface area contributed by atoms with Gasteiger partial charge in [-0.3, -0.25) is 19.6 Å². The van der Waals surface area contributed by atoms with Crippen molar-refractivity contribution < 1.29 is 22.9 Å². The molecular weight excluding hydrogens is 410 g/mol. The van der Waals surface area contributed by atoms with Gasteiger partial charge in [-0.2, -0.15) is 0 Å². The summed E-state index contributed by atoms with van der Waals surface area (Å²) in [7, 11) is -2.41. The first-order valence-corrected chi connectivity index (χ1v) is 10.2. The Bertz CT molecular complexity index is 1270. The second-order valence-electron chi connectivity index (χ2n) is 6.50. The summed E-state index contributed by atoms with van der Waals surface area (Å²) in [6.45, 7) is 0. The minimum absolute atomic E-state index is 0.143. The van der Waals surface area contributed by atoms with Gasteiger partial charge in [0.05, 0.1) is 21.1 Å². The predicted octanol–water partition coefficient (Wildman–Crippen LogP) is 3.78. The zero-order valence-corrected chi connectivity index (χ0v) is 16.4. The van der Waals surface area contributed by atoms with Crippen LogP contribution in [0.5, 0.6) is 11.5 Å². The maximum absolute atomic E-state index is 12.9. The molecule has 0 saturated carbocycles. The third kappa shape index (κ3) is 3.44. The summed E-state index contributed by atoms with van der Waals surface area (Å²) in [5.74, 6) is 0.452. The molecule has 1 aliphatic heterocycles. The van der Waals surface area contributed by atoms with Gasteiger partial charge in [-0.25, -0.2) is 8.42 Å². The Balaban J connectivity index is 1.66. The van der Waals surface area contributed by atoms with Gasteiger partial charge in [0.15, 0.2) is 5.75 Å². The number of hydrogen-bond acceptors (Lipinski definition) is 6. The number of rotatable bonds is 4. The van der Waals surface area contributed by atoms with Crippen molar-refractivity contribution in [3.8, 4) is 11.5 Å². The number of carbonyl (C=O) groups is 1. The Morgan fingerprint density at radius 1 is 1.00 bits per heavy atom. The van der Waals surface area contributed by atoms with Crippen LogP contribution in [-0.4, -0.2) is 26.3 Å². The van der Waals surface area contributed by atoms with Crippen LogP contribution in [-0.2, 0) is 10.0 Å². The maximum Gasteiger partial charge on any atom is 0.269 e. The van der Waals surface area contributed by atoms with E-state index < -0.39 is 14.9 Å². The second-order valence-corrected chi connectivity index (χ2v) is 8.18. The van der Waals surface area contributed by atoms with Crippen LogP contribution in [0.15, 0.2) is 71.6 Å². The number of carbonyl (C=O) groups excluding carboxylic acids is 1. The second kappa shape index (κ2) is 7.16. The Kier molecular flexibility index (Phi) is 4.63. The van der Waals surface area contributed by atoms with Gasteiger partial charge in [0.25, 0.3) is 21.6 Å². The summed E-state index contributed by atoms with van der Waals surface area (Å²) in [5, 5.41) is 10.7. The lowest BCUT2D eigenvalue weighted by atomic mass is 10.1. The molecule has 1 heterocycles. The summed E-state index contributed by atoms with van der Waals surface area (Å²) >= 11 is 0. The van der Waals surface area contributed by atoms with E-state index in [0.29, 0.717) is 17.2 Å². The largest absolute Gasteiger partial charge is 0.454 e. The summed E-state index contributed by atoms with van der Waals surface area (Å²) in [4.78, 5) is 24.3. The van der Waals surface area contributed by atoms with Gasteiger partial charge >= 0.3 is 0 Å². The topological polar surface area (TPSA) is 119 Å². The molecule has 0 aromatic heterocycles. The van der Waals surface area contributed by atoms with Crippen molar-refractivity contribution in [1.82, 2.24) is 0 Å².